The van der Waals surface area contributed by atoms with E-state index in [1.807, 2.05) is 0 Å². The van der Waals surface area contributed by atoms with Crippen LogP contribution in [0.15, 0.2) is 24.3 Å². The topological polar surface area (TPSA) is 106 Å². The fourth-order valence-corrected chi connectivity index (χ4v) is 2.87. The SMILES string of the molecule is NCC(c1ccccc1[N+](=O)[O-])C1(C(=O)O)CCC1. The lowest BCUT2D eigenvalue weighted by molar-refractivity contribution is -0.385. The van der Waals surface area contributed by atoms with Crippen LogP contribution >= 0.6 is 0 Å². The monoisotopic (exact) mass is 264 g/mol. The third-order valence-electron chi connectivity index (χ3n) is 4.08. The molecule has 6 heteroatoms. The van der Waals surface area contributed by atoms with E-state index in [1.54, 1.807) is 18.2 Å². The van der Waals surface area contributed by atoms with Crippen LogP contribution in [0.25, 0.3) is 0 Å². The number of para-hydroxylation sites is 1. The van der Waals surface area contributed by atoms with Crippen molar-refractivity contribution >= 4 is 11.7 Å². The second kappa shape index (κ2) is 4.97. The molecule has 0 heterocycles. The van der Waals surface area contributed by atoms with E-state index in [9.17, 15) is 20.0 Å². The minimum atomic E-state index is -0.944. The van der Waals surface area contributed by atoms with Crippen molar-refractivity contribution in [3.63, 3.8) is 0 Å². The number of hydrogen-bond acceptors (Lipinski definition) is 4. The van der Waals surface area contributed by atoms with Crippen molar-refractivity contribution in [2.24, 2.45) is 11.1 Å². The molecule has 0 radical (unpaired) electrons. The summed E-state index contributed by atoms with van der Waals surface area (Å²) < 4.78 is 0. The first-order valence-electron chi connectivity index (χ1n) is 6.19. The zero-order valence-corrected chi connectivity index (χ0v) is 10.4. The average molecular weight is 264 g/mol. The summed E-state index contributed by atoms with van der Waals surface area (Å²) in [6.45, 7) is 0.0944. The number of aliphatic carboxylic acids is 1. The number of nitro benzene ring substituents is 1. The predicted molar refractivity (Wildman–Crippen MR) is 68.8 cm³/mol. The van der Waals surface area contributed by atoms with Crippen molar-refractivity contribution in [1.82, 2.24) is 0 Å². The normalized spacial score (nSPS) is 18.4. The highest BCUT2D eigenvalue weighted by molar-refractivity contribution is 5.77. The van der Waals surface area contributed by atoms with Crippen LogP contribution in [0.5, 0.6) is 0 Å². The van der Waals surface area contributed by atoms with Gasteiger partial charge in [0.15, 0.2) is 0 Å². The number of carboxylic acids is 1. The lowest BCUT2D eigenvalue weighted by Crippen LogP contribution is -2.46. The van der Waals surface area contributed by atoms with Gasteiger partial charge in [-0.1, -0.05) is 24.6 Å². The first-order chi connectivity index (χ1) is 9.03. The average Bonchev–Trinajstić information content (AvgIpc) is 2.32. The molecule has 1 aromatic carbocycles. The first-order valence-corrected chi connectivity index (χ1v) is 6.19. The number of carbonyl (C=O) groups is 1. The van der Waals surface area contributed by atoms with Gasteiger partial charge in [0, 0.05) is 24.1 Å². The molecule has 1 fully saturated rings. The van der Waals surface area contributed by atoms with Crippen LogP contribution in [0.2, 0.25) is 0 Å². The molecular weight excluding hydrogens is 248 g/mol. The molecule has 0 bridgehead atoms. The highest BCUT2D eigenvalue weighted by atomic mass is 16.6. The van der Waals surface area contributed by atoms with E-state index in [0.29, 0.717) is 18.4 Å². The van der Waals surface area contributed by atoms with Crippen molar-refractivity contribution in [2.75, 3.05) is 6.54 Å². The Morgan fingerprint density at radius 1 is 1.47 bits per heavy atom. The minimum Gasteiger partial charge on any atom is -0.481 e. The lowest BCUT2D eigenvalue weighted by Gasteiger charge is -2.43. The standard InChI is InChI=1S/C13H16N2O4/c14-8-10(13(12(16)17)6-3-7-13)9-4-1-2-5-11(9)15(18)19/h1-2,4-5,10H,3,6-8,14H2,(H,16,17). The summed E-state index contributed by atoms with van der Waals surface area (Å²) in [5.74, 6) is -1.42. The number of nitro groups is 1. The Bertz CT molecular complexity index is 511. The Hall–Kier alpha value is -1.95. The molecule has 0 aromatic heterocycles. The van der Waals surface area contributed by atoms with Gasteiger partial charge in [-0.25, -0.2) is 0 Å². The number of rotatable bonds is 5. The Kier molecular flexibility index (Phi) is 3.53. The first kappa shape index (κ1) is 13.5. The van der Waals surface area contributed by atoms with Crippen LogP contribution in [0.3, 0.4) is 0 Å². The largest absolute Gasteiger partial charge is 0.481 e. The van der Waals surface area contributed by atoms with E-state index >= 15 is 0 Å². The van der Waals surface area contributed by atoms with Gasteiger partial charge in [0.2, 0.25) is 0 Å². The van der Waals surface area contributed by atoms with E-state index in [0.717, 1.165) is 6.42 Å². The molecule has 0 saturated heterocycles. The maximum atomic E-state index is 11.5. The summed E-state index contributed by atoms with van der Waals surface area (Å²) in [5, 5.41) is 20.5. The van der Waals surface area contributed by atoms with Crippen LogP contribution in [-0.2, 0) is 4.79 Å². The lowest BCUT2D eigenvalue weighted by atomic mass is 9.59. The van der Waals surface area contributed by atoms with Crippen molar-refractivity contribution in [3.8, 4) is 0 Å². The van der Waals surface area contributed by atoms with Gasteiger partial charge in [-0.2, -0.15) is 0 Å². The Balaban J connectivity index is 2.48. The van der Waals surface area contributed by atoms with Gasteiger partial charge in [-0.3, -0.25) is 14.9 Å². The second-order valence-corrected chi connectivity index (χ2v) is 4.92. The number of carboxylic acid groups (broad SMARTS) is 1. The van der Waals surface area contributed by atoms with Crippen LogP contribution < -0.4 is 5.73 Å². The van der Waals surface area contributed by atoms with Crippen molar-refractivity contribution < 1.29 is 14.8 Å². The molecule has 3 N–H and O–H groups in total. The Labute approximate surface area is 110 Å². The molecule has 1 atom stereocenters. The summed E-state index contributed by atoms with van der Waals surface area (Å²) in [6, 6.07) is 6.26. The summed E-state index contributed by atoms with van der Waals surface area (Å²) in [4.78, 5) is 22.1. The summed E-state index contributed by atoms with van der Waals surface area (Å²) in [5.41, 5.74) is 5.16. The molecule has 1 saturated carbocycles. The number of nitrogens with zero attached hydrogens (tertiary/aromatic N) is 1. The summed E-state index contributed by atoms with van der Waals surface area (Å²) in [6.07, 6.45) is 1.87. The second-order valence-electron chi connectivity index (χ2n) is 4.92. The third-order valence-corrected chi connectivity index (χ3v) is 4.08. The van der Waals surface area contributed by atoms with E-state index in [-0.39, 0.29) is 12.2 Å². The number of nitrogens with two attached hydrogens (primary N) is 1. The van der Waals surface area contributed by atoms with E-state index in [4.69, 9.17) is 5.73 Å². The fraction of sp³-hybridized carbons (Fsp3) is 0.462. The van der Waals surface area contributed by atoms with Gasteiger partial charge in [0.1, 0.15) is 0 Å². The molecular formula is C13H16N2O4. The van der Waals surface area contributed by atoms with Crippen molar-refractivity contribution in [1.29, 1.82) is 0 Å². The van der Waals surface area contributed by atoms with Crippen LogP contribution in [0.1, 0.15) is 30.7 Å². The summed E-state index contributed by atoms with van der Waals surface area (Å²) in [7, 11) is 0. The molecule has 1 aliphatic rings. The van der Waals surface area contributed by atoms with Gasteiger partial charge in [-0.05, 0) is 12.8 Å². The van der Waals surface area contributed by atoms with E-state index in [1.165, 1.54) is 6.07 Å². The molecule has 0 aliphatic heterocycles. The molecule has 1 aliphatic carbocycles. The van der Waals surface area contributed by atoms with E-state index < -0.39 is 22.2 Å². The van der Waals surface area contributed by atoms with Crippen molar-refractivity contribution in [3.05, 3.63) is 39.9 Å². The van der Waals surface area contributed by atoms with Crippen molar-refractivity contribution in [2.45, 2.75) is 25.2 Å². The molecule has 6 nitrogen and oxygen atoms in total. The molecule has 19 heavy (non-hydrogen) atoms. The quantitative estimate of drug-likeness (QED) is 0.623. The fourth-order valence-electron chi connectivity index (χ4n) is 2.87. The Morgan fingerprint density at radius 2 is 2.11 bits per heavy atom. The Morgan fingerprint density at radius 3 is 2.53 bits per heavy atom. The van der Waals surface area contributed by atoms with Crippen LogP contribution in [0.4, 0.5) is 5.69 Å². The molecule has 1 unspecified atom stereocenters. The maximum Gasteiger partial charge on any atom is 0.310 e. The molecule has 102 valence electrons. The smallest absolute Gasteiger partial charge is 0.310 e. The van der Waals surface area contributed by atoms with Gasteiger partial charge >= 0.3 is 5.97 Å². The highest BCUT2D eigenvalue weighted by Gasteiger charge is 2.51. The minimum absolute atomic E-state index is 0.0505. The summed E-state index contributed by atoms with van der Waals surface area (Å²) >= 11 is 0. The third kappa shape index (κ3) is 2.08. The molecule has 1 aromatic rings. The van der Waals surface area contributed by atoms with Crippen LogP contribution in [-0.4, -0.2) is 22.5 Å². The van der Waals surface area contributed by atoms with Crippen LogP contribution in [0, 0.1) is 15.5 Å². The maximum absolute atomic E-state index is 11.5. The number of hydrogen-bond donors (Lipinski definition) is 2. The molecule has 0 spiro atoms. The van der Waals surface area contributed by atoms with Gasteiger partial charge in [0.05, 0.1) is 10.3 Å². The van der Waals surface area contributed by atoms with Gasteiger partial charge in [0.25, 0.3) is 5.69 Å². The predicted octanol–water partition coefficient (Wildman–Crippen LogP) is 1.89. The molecule has 2 rings (SSSR count). The highest BCUT2D eigenvalue weighted by Crippen LogP contribution is 2.52. The van der Waals surface area contributed by atoms with Gasteiger partial charge in [-0.15, -0.1) is 0 Å². The number of benzene rings is 1. The van der Waals surface area contributed by atoms with E-state index in [2.05, 4.69) is 0 Å². The zero-order chi connectivity index (χ0) is 14.0. The van der Waals surface area contributed by atoms with Gasteiger partial charge < -0.3 is 10.8 Å². The molecule has 0 amide bonds. The zero-order valence-electron chi connectivity index (χ0n) is 10.4.